The van der Waals surface area contributed by atoms with E-state index >= 15 is 0 Å². The summed E-state index contributed by atoms with van der Waals surface area (Å²) in [6, 6.07) is 8.19. The zero-order chi connectivity index (χ0) is 14.2. The van der Waals surface area contributed by atoms with Crippen LogP contribution in [0.3, 0.4) is 0 Å². The van der Waals surface area contributed by atoms with Gasteiger partial charge in [-0.1, -0.05) is 63.6 Å². The standard InChI is InChI=1S/C18H24OS/c1-2-3-4-5-6-7-8-12-17(19)16-14-20-18-13-10-9-11-15(16)18/h9-11,13-14H,2-8,12H2,1H3. The van der Waals surface area contributed by atoms with E-state index in [0.717, 1.165) is 17.4 Å². The van der Waals surface area contributed by atoms with Gasteiger partial charge < -0.3 is 0 Å². The van der Waals surface area contributed by atoms with Gasteiger partial charge in [-0.25, -0.2) is 0 Å². The van der Waals surface area contributed by atoms with Crippen LogP contribution < -0.4 is 0 Å². The molecule has 108 valence electrons. The molecule has 20 heavy (non-hydrogen) atoms. The Labute approximate surface area is 126 Å². The van der Waals surface area contributed by atoms with Crippen molar-refractivity contribution in [2.24, 2.45) is 0 Å². The molecule has 1 aromatic heterocycles. The summed E-state index contributed by atoms with van der Waals surface area (Å²) in [7, 11) is 0. The van der Waals surface area contributed by atoms with E-state index in [4.69, 9.17) is 0 Å². The zero-order valence-electron chi connectivity index (χ0n) is 12.4. The number of hydrogen-bond donors (Lipinski definition) is 0. The Morgan fingerprint density at radius 2 is 1.70 bits per heavy atom. The summed E-state index contributed by atoms with van der Waals surface area (Å²) in [5.74, 6) is 0.316. The molecule has 0 aliphatic carbocycles. The van der Waals surface area contributed by atoms with Crippen LogP contribution in [0.4, 0.5) is 0 Å². The lowest BCUT2D eigenvalue weighted by Gasteiger charge is -2.01. The van der Waals surface area contributed by atoms with Crippen molar-refractivity contribution < 1.29 is 4.79 Å². The Bertz CT molecular complexity index is 541. The summed E-state index contributed by atoms with van der Waals surface area (Å²) in [6.07, 6.45) is 9.52. The van der Waals surface area contributed by atoms with Crippen LogP contribution in [0.5, 0.6) is 0 Å². The smallest absolute Gasteiger partial charge is 0.164 e. The zero-order valence-corrected chi connectivity index (χ0v) is 13.2. The third-order valence-corrected chi connectivity index (χ3v) is 4.75. The minimum Gasteiger partial charge on any atom is -0.294 e. The SMILES string of the molecule is CCCCCCCCCC(=O)c1csc2ccccc12. The van der Waals surface area contributed by atoms with Crippen LogP contribution in [-0.4, -0.2) is 5.78 Å². The van der Waals surface area contributed by atoms with Gasteiger partial charge in [-0.15, -0.1) is 11.3 Å². The van der Waals surface area contributed by atoms with Crippen molar-refractivity contribution in [3.63, 3.8) is 0 Å². The number of unbranched alkanes of at least 4 members (excludes halogenated alkanes) is 6. The summed E-state index contributed by atoms with van der Waals surface area (Å²) in [4.78, 5) is 12.3. The molecule has 0 atom stereocenters. The summed E-state index contributed by atoms with van der Waals surface area (Å²) in [6.45, 7) is 2.24. The van der Waals surface area contributed by atoms with Crippen molar-refractivity contribution in [1.82, 2.24) is 0 Å². The third-order valence-electron chi connectivity index (χ3n) is 3.79. The maximum absolute atomic E-state index is 12.3. The van der Waals surface area contributed by atoms with E-state index in [1.54, 1.807) is 11.3 Å². The molecule has 2 rings (SSSR count). The maximum Gasteiger partial charge on any atom is 0.164 e. The van der Waals surface area contributed by atoms with Crippen LogP contribution in [0, 0.1) is 0 Å². The molecule has 0 aliphatic rings. The van der Waals surface area contributed by atoms with Crippen LogP contribution in [-0.2, 0) is 0 Å². The first-order valence-electron chi connectivity index (χ1n) is 7.82. The summed E-state index contributed by atoms with van der Waals surface area (Å²) >= 11 is 1.67. The molecule has 0 N–H and O–H groups in total. The van der Waals surface area contributed by atoms with Gasteiger partial charge in [-0.05, 0) is 12.5 Å². The number of rotatable bonds is 9. The van der Waals surface area contributed by atoms with Gasteiger partial charge in [0, 0.05) is 27.5 Å². The average molecular weight is 288 g/mol. The van der Waals surface area contributed by atoms with Crippen molar-refractivity contribution in [3.05, 3.63) is 35.2 Å². The van der Waals surface area contributed by atoms with Gasteiger partial charge in [0.25, 0.3) is 0 Å². The Hall–Kier alpha value is -1.15. The molecule has 0 unspecified atom stereocenters. The summed E-state index contributed by atoms with van der Waals surface area (Å²) < 4.78 is 1.22. The molecule has 0 aliphatic heterocycles. The summed E-state index contributed by atoms with van der Waals surface area (Å²) in [5.41, 5.74) is 0.927. The Balaban J connectivity index is 1.75. The highest BCUT2D eigenvalue weighted by Crippen LogP contribution is 2.27. The molecule has 0 saturated carbocycles. The molecule has 1 aromatic carbocycles. The Morgan fingerprint density at radius 3 is 2.50 bits per heavy atom. The quantitative estimate of drug-likeness (QED) is 0.395. The minimum atomic E-state index is 0.316. The molecule has 0 fully saturated rings. The molecular weight excluding hydrogens is 264 g/mol. The number of hydrogen-bond acceptors (Lipinski definition) is 2. The van der Waals surface area contributed by atoms with Gasteiger partial charge in [0.2, 0.25) is 0 Å². The molecule has 0 spiro atoms. The van der Waals surface area contributed by atoms with Gasteiger partial charge in [0.15, 0.2) is 5.78 Å². The van der Waals surface area contributed by atoms with E-state index in [2.05, 4.69) is 19.1 Å². The first kappa shape index (κ1) is 15.2. The van der Waals surface area contributed by atoms with E-state index < -0.39 is 0 Å². The molecule has 2 aromatic rings. The highest BCUT2D eigenvalue weighted by molar-refractivity contribution is 7.17. The second-order valence-corrected chi connectivity index (χ2v) is 6.35. The molecule has 0 amide bonds. The number of benzene rings is 1. The van der Waals surface area contributed by atoms with Crippen molar-refractivity contribution >= 4 is 27.2 Å². The van der Waals surface area contributed by atoms with E-state index in [1.807, 2.05) is 17.5 Å². The number of thiophene rings is 1. The maximum atomic E-state index is 12.3. The molecular formula is C18H24OS. The van der Waals surface area contributed by atoms with Gasteiger partial charge >= 0.3 is 0 Å². The van der Waals surface area contributed by atoms with Crippen molar-refractivity contribution in [2.75, 3.05) is 0 Å². The average Bonchev–Trinajstić information content (AvgIpc) is 2.90. The summed E-state index contributed by atoms with van der Waals surface area (Å²) in [5, 5.41) is 3.15. The topological polar surface area (TPSA) is 17.1 Å². The van der Waals surface area contributed by atoms with Crippen LogP contribution in [0.15, 0.2) is 29.6 Å². The number of carbonyl (C=O) groups excluding carboxylic acids is 1. The highest BCUT2D eigenvalue weighted by Gasteiger charge is 2.11. The number of carbonyl (C=O) groups is 1. The van der Waals surface area contributed by atoms with E-state index in [0.29, 0.717) is 12.2 Å². The Kier molecular flexibility index (Phi) is 6.25. The fraction of sp³-hybridized carbons (Fsp3) is 0.500. The number of fused-ring (bicyclic) bond motifs is 1. The van der Waals surface area contributed by atoms with Crippen molar-refractivity contribution in [3.8, 4) is 0 Å². The van der Waals surface area contributed by atoms with E-state index in [9.17, 15) is 4.79 Å². The molecule has 0 saturated heterocycles. The molecule has 0 radical (unpaired) electrons. The third kappa shape index (κ3) is 4.17. The second kappa shape index (κ2) is 8.21. The van der Waals surface area contributed by atoms with Gasteiger partial charge in [0.05, 0.1) is 0 Å². The molecule has 1 nitrogen and oxygen atoms in total. The number of ketones is 1. The molecule has 1 heterocycles. The normalized spacial score (nSPS) is 11.1. The predicted molar refractivity (Wildman–Crippen MR) is 88.8 cm³/mol. The predicted octanol–water partition coefficient (Wildman–Crippen LogP) is 6.22. The van der Waals surface area contributed by atoms with Crippen molar-refractivity contribution in [1.29, 1.82) is 0 Å². The first-order valence-corrected chi connectivity index (χ1v) is 8.70. The van der Waals surface area contributed by atoms with Gasteiger partial charge in [-0.3, -0.25) is 4.79 Å². The fourth-order valence-electron chi connectivity index (χ4n) is 2.57. The molecule has 0 bridgehead atoms. The first-order chi connectivity index (χ1) is 9.83. The highest BCUT2D eigenvalue weighted by atomic mass is 32.1. The second-order valence-electron chi connectivity index (χ2n) is 5.44. The largest absolute Gasteiger partial charge is 0.294 e. The lowest BCUT2D eigenvalue weighted by molar-refractivity contribution is 0.0981. The molecule has 2 heteroatoms. The van der Waals surface area contributed by atoms with Gasteiger partial charge in [0.1, 0.15) is 0 Å². The monoisotopic (exact) mass is 288 g/mol. The minimum absolute atomic E-state index is 0.316. The van der Waals surface area contributed by atoms with Crippen LogP contribution >= 0.6 is 11.3 Å². The lowest BCUT2D eigenvalue weighted by atomic mass is 10.0. The number of Topliss-reactive ketones (excluding diaryl/α,β-unsaturated/α-hetero) is 1. The lowest BCUT2D eigenvalue weighted by Crippen LogP contribution is -1.97. The van der Waals surface area contributed by atoms with E-state index in [1.165, 1.54) is 43.2 Å². The van der Waals surface area contributed by atoms with Crippen LogP contribution in [0.2, 0.25) is 0 Å². The van der Waals surface area contributed by atoms with Gasteiger partial charge in [-0.2, -0.15) is 0 Å². The van der Waals surface area contributed by atoms with Crippen LogP contribution in [0.25, 0.3) is 10.1 Å². The fourth-order valence-corrected chi connectivity index (χ4v) is 3.54. The van der Waals surface area contributed by atoms with E-state index in [-0.39, 0.29) is 0 Å². The Morgan fingerprint density at radius 1 is 1.00 bits per heavy atom. The van der Waals surface area contributed by atoms with Crippen LogP contribution in [0.1, 0.15) is 68.6 Å². The van der Waals surface area contributed by atoms with Crippen molar-refractivity contribution in [2.45, 2.75) is 58.3 Å².